The number of rotatable bonds is 5. The van der Waals surface area contributed by atoms with Crippen molar-refractivity contribution in [3.63, 3.8) is 0 Å². The average molecular weight is 256 g/mol. The number of carbonyl (C=O) groups is 1. The molecule has 0 aliphatic heterocycles. The van der Waals surface area contributed by atoms with Crippen LogP contribution in [-0.4, -0.2) is 22.5 Å². The van der Waals surface area contributed by atoms with Gasteiger partial charge in [-0.25, -0.2) is 0 Å². The second kappa shape index (κ2) is 6.54. The fraction of sp³-hybridized carbons (Fsp3) is 0.200. The van der Waals surface area contributed by atoms with Crippen LogP contribution < -0.4 is 5.32 Å². The van der Waals surface area contributed by atoms with E-state index in [0.29, 0.717) is 12.1 Å². The van der Waals surface area contributed by atoms with Gasteiger partial charge >= 0.3 is 0 Å². The van der Waals surface area contributed by atoms with E-state index in [9.17, 15) is 9.90 Å². The molecule has 1 aromatic carbocycles. The van der Waals surface area contributed by atoms with E-state index in [0.717, 1.165) is 18.4 Å². The minimum Gasteiger partial charge on any atom is -0.508 e. The summed E-state index contributed by atoms with van der Waals surface area (Å²) in [6, 6.07) is 10.6. The fourth-order valence-corrected chi connectivity index (χ4v) is 1.81. The summed E-state index contributed by atoms with van der Waals surface area (Å²) in [7, 11) is 0. The molecule has 4 nitrogen and oxygen atoms in total. The molecule has 1 amide bonds. The molecule has 19 heavy (non-hydrogen) atoms. The van der Waals surface area contributed by atoms with E-state index in [1.54, 1.807) is 36.7 Å². The van der Waals surface area contributed by atoms with Crippen molar-refractivity contribution in [3.05, 3.63) is 59.9 Å². The second-order valence-electron chi connectivity index (χ2n) is 4.27. The highest BCUT2D eigenvalue weighted by molar-refractivity contribution is 5.93. The third-order valence-electron chi connectivity index (χ3n) is 2.76. The van der Waals surface area contributed by atoms with Crippen LogP contribution in [0.5, 0.6) is 5.75 Å². The molecule has 0 atom stereocenters. The van der Waals surface area contributed by atoms with Gasteiger partial charge in [0.05, 0.1) is 5.56 Å². The van der Waals surface area contributed by atoms with Crippen LogP contribution in [0.3, 0.4) is 0 Å². The first-order chi connectivity index (χ1) is 9.25. The van der Waals surface area contributed by atoms with Crippen molar-refractivity contribution in [2.45, 2.75) is 12.8 Å². The summed E-state index contributed by atoms with van der Waals surface area (Å²) >= 11 is 0. The van der Waals surface area contributed by atoms with Crippen LogP contribution in [0.25, 0.3) is 0 Å². The second-order valence-corrected chi connectivity index (χ2v) is 4.27. The van der Waals surface area contributed by atoms with E-state index < -0.39 is 0 Å². The summed E-state index contributed by atoms with van der Waals surface area (Å²) in [5.41, 5.74) is 1.63. The number of phenolic OH excluding ortho intramolecular Hbond substituents is 1. The molecule has 0 radical (unpaired) electrons. The molecule has 0 spiro atoms. The van der Waals surface area contributed by atoms with Gasteiger partial charge in [-0.05, 0) is 42.7 Å². The number of nitrogens with one attached hydrogen (secondary N) is 1. The van der Waals surface area contributed by atoms with Crippen LogP contribution in [0.4, 0.5) is 0 Å². The highest BCUT2D eigenvalue weighted by atomic mass is 16.3. The number of carbonyl (C=O) groups excluding carboxylic acids is 1. The van der Waals surface area contributed by atoms with Gasteiger partial charge in [0.25, 0.3) is 5.91 Å². The number of nitrogens with zero attached hydrogens (tertiary/aromatic N) is 1. The molecule has 0 fully saturated rings. The Bertz CT molecular complexity index is 541. The zero-order valence-electron chi connectivity index (χ0n) is 10.5. The van der Waals surface area contributed by atoms with E-state index in [1.165, 1.54) is 0 Å². The predicted molar refractivity (Wildman–Crippen MR) is 73.0 cm³/mol. The van der Waals surface area contributed by atoms with E-state index in [-0.39, 0.29) is 11.7 Å². The third-order valence-corrected chi connectivity index (χ3v) is 2.76. The van der Waals surface area contributed by atoms with Gasteiger partial charge in [-0.1, -0.05) is 12.1 Å². The third kappa shape index (κ3) is 4.10. The van der Waals surface area contributed by atoms with Gasteiger partial charge in [0.2, 0.25) is 0 Å². The van der Waals surface area contributed by atoms with Crippen LogP contribution in [0.2, 0.25) is 0 Å². The molecule has 0 unspecified atom stereocenters. The van der Waals surface area contributed by atoms with Gasteiger partial charge in [-0.15, -0.1) is 0 Å². The van der Waals surface area contributed by atoms with Crippen LogP contribution in [0.15, 0.2) is 48.8 Å². The van der Waals surface area contributed by atoms with Gasteiger partial charge in [0, 0.05) is 18.9 Å². The minimum absolute atomic E-state index is 0.107. The lowest BCUT2D eigenvalue weighted by molar-refractivity contribution is 0.0953. The first kappa shape index (κ1) is 13.1. The molecule has 0 saturated heterocycles. The number of aromatic hydroxyl groups is 1. The number of amides is 1. The Kier molecular flexibility index (Phi) is 4.50. The number of phenols is 1. The van der Waals surface area contributed by atoms with E-state index >= 15 is 0 Å². The maximum absolute atomic E-state index is 11.7. The number of aromatic nitrogens is 1. The maximum atomic E-state index is 11.7. The smallest absolute Gasteiger partial charge is 0.252 e. The summed E-state index contributed by atoms with van der Waals surface area (Å²) in [5.74, 6) is 0.168. The largest absolute Gasteiger partial charge is 0.508 e. The molecule has 0 aliphatic carbocycles. The molecular formula is C15H16N2O2. The zero-order chi connectivity index (χ0) is 13.5. The summed E-state index contributed by atoms with van der Waals surface area (Å²) in [6.45, 7) is 0.601. The number of hydrogen-bond acceptors (Lipinski definition) is 3. The van der Waals surface area contributed by atoms with Crippen molar-refractivity contribution < 1.29 is 9.90 Å². The Morgan fingerprint density at radius 3 is 2.89 bits per heavy atom. The normalized spacial score (nSPS) is 10.1. The van der Waals surface area contributed by atoms with Crippen molar-refractivity contribution in [3.8, 4) is 5.75 Å². The monoisotopic (exact) mass is 256 g/mol. The Labute approximate surface area is 112 Å². The Morgan fingerprint density at radius 1 is 1.26 bits per heavy atom. The van der Waals surface area contributed by atoms with Crippen molar-refractivity contribution in [1.82, 2.24) is 10.3 Å². The maximum Gasteiger partial charge on any atom is 0.252 e. The molecule has 2 N–H and O–H groups in total. The predicted octanol–water partition coefficient (Wildman–Crippen LogP) is 2.15. The van der Waals surface area contributed by atoms with Gasteiger partial charge in [0.1, 0.15) is 5.75 Å². The molecule has 0 saturated carbocycles. The van der Waals surface area contributed by atoms with Crippen LogP contribution in [-0.2, 0) is 6.42 Å². The SMILES string of the molecule is O=C(NCCCc1cccc(O)c1)c1cccnc1. The summed E-state index contributed by atoms with van der Waals surface area (Å²) in [6.07, 6.45) is 4.83. The lowest BCUT2D eigenvalue weighted by Crippen LogP contribution is -2.24. The molecule has 0 bridgehead atoms. The molecule has 2 rings (SSSR count). The van der Waals surface area contributed by atoms with Crippen molar-refractivity contribution in [1.29, 1.82) is 0 Å². The van der Waals surface area contributed by atoms with Gasteiger partial charge < -0.3 is 10.4 Å². The van der Waals surface area contributed by atoms with E-state index in [1.807, 2.05) is 12.1 Å². The first-order valence-corrected chi connectivity index (χ1v) is 6.22. The average Bonchev–Trinajstić information content (AvgIpc) is 2.44. The molecule has 98 valence electrons. The minimum atomic E-state index is -0.107. The first-order valence-electron chi connectivity index (χ1n) is 6.22. The number of benzene rings is 1. The molecule has 1 aromatic heterocycles. The van der Waals surface area contributed by atoms with Crippen molar-refractivity contribution in [2.24, 2.45) is 0 Å². The van der Waals surface area contributed by atoms with Crippen LogP contribution >= 0.6 is 0 Å². The quantitative estimate of drug-likeness (QED) is 0.806. The Balaban J connectivity index is 1.74. The Morgan fingerprint density at radius 2 is 2.16 bits per heavy atom. The molecule has 4 heteroatoms. The molecule has 1 heterocycles. The van der Waals surface area contributed by atoms with Gasteiger partial charge in [0.15, 0.2) is 0 Å². The zero-order valence-corrected chi connectivity index (χ0v) is 10.5. The molecule has 0 aliphatic rings. The van der Waals surface area contributed by atoms with Crippen LogP contribution in [0.1, 0.15) is 22.3 Å². The van der Waals surface area contributed by atoms with Gasteiger partial charge in [-0.2, -0.15) is 0 Å². The number of pyridine rings is 1. The molecule has 2 aromatic rings. The Hall–Kier alpha value is -2.36. The lowest BCUT2D eigenvalue weighted by Gasteiger charge is -2.05. The van der Waals surface area contributed by atoms with Crippen molar-refractivity contribution in [2.75, 3.05) is 6.54 Å². The highest BCUT2D eigenvalue weighted by Crippen LogP contribution is 2.12. The van der Waals surface area contributed by atoms with Crippen LogP contribution in [0, 0.1) is 0 Å². The summed E-state index contributed by atoms with van der Waals surface area (Å²) in [4.78, 5) is 15.6. The van der Waals surface area contributed by atoms with E-state index in [2.05, 4.69) is 10.3 Å². The van der Waals surface area contributed by atoms with Crippen molar-refractivity contribution >= 4 is 5.91 Å². The molecular weight excluding hydrogens is 240 g/mol. The van der Waals surface area contributed by atoms with E-state index in [4.69, 9.17) is 0 Å². The summed E-state index contributed by atoms with van der Waals surface area (Å²) < 4.78 is 0. The number of aryl methyl sites for hydroxylation is 1. The highest BCUT2D eigenvalue weighted by Gasteiger charge is 2.03. The standard InChI is InChI=1S/C15H16N2O2/c18-14-7-1-4-12(10-14)5-2-9-17-15(19)13-6-3-8-16-11-13/h1,3-4,6-8,10-11,18H,2,5,9H2,(H,17,19). The fourth-order valence-electron chi connectivity index (χ4n) is 1.81. The topological polar surface area (TPSA) is 62.2 Å². The number of hydrogen-bond donors (Lipinski definition) is 2. The summed E-state index contributed by atoms with van der Waals surface area (Å²) in [5, 5.41) is 12.2. The van der Waals surface area contributed by atoms with Gasteiger partial charge in [-0.3, -0.25) is 9.78 Å². The lowest BCUT2D eigenvalue weighted by atomic mass is 10.1.